The molecule has 94 valence electrons. The summed E-state index contributed by atoms with van der Waals surface area (Å²) < 4.78 is 5.50. The normalized spacial score (nSPS) is 33.6. The second-order valence-corrected chi connectivity index (χ2v) is 5.58. The van der Waals surface area contributed by atoms with Crippen LogP contribution in [0.5, 0.6) is 0 Å². The molecule has 0 aromatic rings. The molecule has 0 aromatic carbocycles. The summed E-state index contributed by atoms with van der Waals surface area (Å²) in [4.78, 5) is 0. The third-order valence-electron chi connectivity index (χ3n) is 4.29. The van der Waals surface area contributed by atoms with E-state index in [1.165, 1.54) is 64.2 Å². The van der Waals surface area contributed by atoms with Crippen LogP contribution in [0, 0.1) is 0 Å². The van der Waals surface area contributed by atoms with E-state index in [0.717, 1.165) is 12.1 Å². The van der Waals surface area contributed by atoms with Crippen molar-refractivity contribution in [2.75, 3.05) is 7.11 Å². The summed E-state index contributed by atoms with van der Waals surface area (Å²) >= 11 is 0. The molecule has 0 aromatic heterocycles. The minimum atomic E-state index is 0.511. The van der Waals surface area contributed by atoms with Gasteiger partial charge in [0.25, 0.3) is 0 Å². The first-order chi connectivity index (χ1) is 7.88. The van der Waals surface area contributed by atoms with Crippen LogP contribution in [0.3, 0.4) is 0 Å². The van der Waals surface area contributed by atoms with E-state index < -0.39 is 0 Å². The first kappa shape index (κ1) is 12.4. The molecule has 0 aliphatic heterocycles. The van der Waals surface area contributed by atoms with Gasteiger partial charge in [-0.3, -0.25) is 0 Å². The molecule has 2 nitrogen and oxygen atoms in total. The minimum absolute atomic E-state index is 0.511. The van der Waals surface area contributed by atoms with Gasteiger partial charge >= 0.3 is 0 Å². The Bertz CT molecular complexity index is 187. The summed E-state index contributed by atoms with van der Waals surface area (Å²) in [5.41, 5.74) is 0. The van der Waals surface area contributed by atoms with Gasteiger partial charge in [-0.1, -0.05) is 25.7 Å². The van der Waals surface area contributed by atoms with Crippen molar-refractivity contribution in [3.63, 3.8) is 0 Å². The Hall–Kier alpha value is -0.0800. The third-order valence-corrected chi connectivity index (χ3v) is 4.29. The molecule has 1 N–H and O–H groups in total. The van der Waals surface area contributed by atoms with Gasteiger partial charge in [-0.25, -0.2) is 0 Å². The van der Waals surface area contributed by atoms with Gasteiger partial charge in [0.1, 0.15) is 0 Å². The predicted octanol–water partition coefficient (Wildman–Crippen LogP) is 3.26. The molecular formula is C14H27NO. The summed E-state index contributed by atoms with van der Waals surface area (Å²) in [6.07, 6.45) is 14.2. The SMILES string of the molecule is COC1CCCC(NC2CCCCCC2)C1. The monoisotopic (exact) mass is 225 g/mol. The fourth-order valence-electron chi connectivity index (χ4n) is 3.29. The largest absolute Gasteiger partial charge is 0.381 e. The Kier molecular flexibility index (Phi) is 5.11. The number of hydrogen-bond donors (Lipinski definition) is 1. The molecular weight excluding hydrogens is 198 g/mol. The Balaban J connectivity index is 1.74. The Morgan fingerprint density at radius 3 is 2.19 bits per heavy atom. The van der Waals surface area contributed by atoms with E-state index in [1.807, 2.05) is 7.11 Å². The maximum atomic E-state index is 5.50. The fourth-order valence-corrected chi connectivity index (χ4v) is 3.29. The van der Waals surface area contributed by atoms with Crippen molar-refractivity contribution in [2.24, 2.45) is 0 Å². The molecule has 0 radical (unpaired) electrons. The predicted molar refractivity (Wildman–Crippen MR) is 67.7 cm³/mol. The van der Waals surface area contributed by atoms with Crippen LogP contribution in [0.2, 0.25) is 0 Å². The Morgan fingerprint density at radius 1 is 0.812 bits per heavy atom. The summed E-state index contributed by atoms with van der Waals surface area (Å²) in [7, 11) is 1.86. The maximum absolute atomic E-state index is 5.50. The van der Waals surface area contributed by atoms with Crippen LogP contribution in [-0.2, 0) is 4.74 Å². The molecule has 0 heterocycles. The van der Waals surface area contributed by atoms with Crippen molar-refractivity contribution in [3.8, 4) is 0 Å². The van der Waals surface area contributed by atoms with Crippen molar-refractivity contribution < 1.29 is 4.74 Å². The second-order valence-electron chi connectivity index (χ2n) is 5.58. The van der Waals surface area contributed by atoms with Crippen LogP contribution in [0.4, 0.5) is 0 Å². The van der Waals surface area contributed by atoms with Gasteiger partial charge in [0, 0.05) is 19.2 Å². The summed E-state index contributed by atoms with van der Waals surface area (Å²) in [5, 5.41) is 3.88. The van der Waals surface area contributed by atoms with Crippen LogP contribution in [0.15, 0.2) is 0 Å². The van der Waals surface area contributed by atoms with Crippen molar-refractivity contribution in [2.45, 2.75) is 82.4 Å². The van der Waals surface area contributed by atoms with Gasteiger partial charge in [-0.05, 0) is 38.5 Å². The molecule has 2 saturated carbocycles. The molecule has 0 saturated heterocycles. The van der Waals surface area contributed by atoms with E-state index in [4.69, 9.17) is 4.74 Å². The first-order valence-corrected chi connectivity index (χ1v) is 7.17. The minimum Gasteiger partial charge on any atom is -0.381 e. The highest BCUT2D eigenvalue weighted by atomic mass is 16.5. The average molecular weight is 225 g/mol. The van der Waals surface area contributed by atoms with Crippen LogP contribution in [0.1, 0.15) is 64.2 Å². The van der Waals surface area contributed by atoms with Crippen LogP contribution >= 0.6 is 0 Å². The topological polar surface area (TPSA) is 21.3 Å². The van der Waals surface area contributed by atoms with Crippen LogP contribution in [0.25, 0.3) is 0 Å². The summed E-state index contributed by atoms with van der Waals surface area (Å²) in [5.74, 6) is 0. The molecule has 16 heavy (non-hydrogen) atoms. The number of ether oxygens (including phenoxy) is 1. The lowest BCUT2D eigenvalue weighted by atomic mass is 9.91. The number of methoxy groups -OCH3 is 1. The zero-order chi connectivity index (χ0) is 11.2. The van der Waals surface area contributed by atoms with E-state index in [2.05, 4.69) is 5.32 Å². The average Bonchev–Trinajstić information content (AvgIpc) is 2.58. The quantitative estimate of drug-likeness (QED) is 0.744. The van der Waals surface area contributed by atoms with Gasteiger partial charge in [0.15, 0.2) is 0 Å². The highest BCUT2D eigenvalue weighted by Crippen LogP contribution is 2.23. The van der Waals surface area contributed by atoms with Crippen molar-refractivity contribution in [3.05, 3.63) is 0 Å². The Morgan fingerprint density at radius 2 is 1.50 bits per heavy atom. The summed E-state index contributed by atoms with van der Waals surface area (Å²) in [6, 6.07) is 1.52. The maximum Gasteiger partial charge on any atom is 0.0586 e. The molecule has 0 amide bonds. The molecule has 0 spiro atoms. The van der Waals surface area contributed by atoms with Gasteiger partial charge in [-0.2, -0.15) is 0 Å². The smallest absolute Gasteiger partial charge is 0.0586 e. The van der Waals surface area contributed by atoms with Gasteiger partial charge in [0.05, 0.1) is 6.10 Å². The van der Waals surface area contributed by atoms with Gasteiger partial charge in [0.2, 0.25) is 0 Å². The fraction of sp³-hybridized carbons (Fsp3) is 1.00. The standard InChI is InChI=1S/C14H27NO/c1-16-14-10-6-9-13(11-14)15-12-7-4-2-3-5-8-12/h12-15H,2-11H2,1H3. The number of nitrogens with one attached hydrogen (secondary N) is 1. The van der Waals surface area contributed by atoms with Crippen molar-refractivity contribution >= 4 is 0 Å². The summed E-state index contributed by atoms with van der Waals surface area (Å²) in [6.45, 7) is 0. The van der Waals surface area contributed by atoms with E-state index in [0.29, 0.717) is 6.10 Å². The van der Waals surface area contributed by atoms with Gasteiger partial charge < -0.3 is 10.1 Å². The molecule has 2 unspecified atom stereocenters. The van der Waals surface area contributed by atoms with Crippen molar-refractivity contribution in [1.29, 1.82) is 0 Å². The van der Waals surface area contributed by atoms with Crippen LogP contribution < -0.4 is 5.32 Å². The lowest BCUT2D eigenvalue weighted by Gasteiger charge is -2.32. The van der Waals surface area contributed by atoms with E-state index in [-0.39, 0.29) is 0 Å². The molecule has 2 aliphatic carbocycles. The number of hydrogen-bond acceptors (Lipinski definition) is 2. The molecule has 2 fully saturated rings. The third kappa shape index (κ3) is 3.74. The van der Waals surface area contributed by atoms with Crippen LogP contribution in [-0.4, -0.2) is 25.3 Å². The van der Waals surface area contributed by atoms with E-state index in [1.54, 1.807) is 0 Å². The molecule has 2 rings (SSSR count). The Labute approximate surface area is 100 Å². The highest BCUT2D eigenvalue weighted by molar-refractivity contribution is 4.82. The lowest BCUT2D eigenvalue weighted by Crippen LogP contribution is -2.42. The van der Waals surface area contributed by atoms with E-state index in [9.17, 15) is 0 Å². The van der Waals surface area contributed by atoms with Crippen molar-refractivity contribution in [1.82, 2.24) is 5.32 Å². The second kappa shape index (κ2) is 6.61. The van der Waals surface area contributed by atoms with Gasteiger partial charge in [-0.15, -0.1) is 0 Å². The molecule has 2 heteroatoms. The highest BCUT2D eigenvalue weighted by Gasteiger charge is 2.24. The lowest BCUT2D eigenvalue weighted by molar-refractivity contribution is 0.0565. The first-order valence-electron chi connectivity index (χ1n) is 7.17. The molecule has 2 aliphatic rings. The molecule has 2 atom stereocenters. The number of rotatable bonds is 3. The zero-order valence-electron chi connectivity index (χ0n) is 10.7. The zero-order valence-corrected chi connectivity index (χ0v) is 10.7. The molecule has 0 bridgehead atoms. The van der Waals surface area contributed by atoms with E-state index >= 15 is 0 Å².